The van der Waals surface area contributed by atoms with Crippen LogP contribution in [-0.4, -0.2) is 18.0 Å². The first kappa shape index (κ1) is 12.6. The average Bonchev–Trinajstić information content (AvgIpc) is 2.14. The zero-order valence-corrected chi connectivity index (χ0v) is 9.78. The summed E-state index contributed by atoms with van der Waals surface area (Å²) in [5, 5.41) is 10.4. The Kier molecular flexibility index (Phi) is 3.94. The number of ether oxygens (including phenoxy) is 1. The number of carbonyl (C=O) groups excluding carboxylic acids is 1. The maximum atomic E-state index is 13.4. The normalized spacial score (nSPS) is 9.94. The maximum absolute atomic E-state index is 13.4. The van der Waals surface area contributed by atoms with Gasteiger partial charge in [-0.15, -0.1) is 0 Å². The quantitative estimate of drug-likeness (QED) is 0.486. The average molecular weight is 292 g/mol. The summed E-state index contributed by atoms with van der Waals surface area (Å²) in [5.41, 5.74) is -0.425. The van der Waals surface area contributed by atoms with E-state index in [-0.39, 0.29) is 5.56 Å². The molecular weight excluding hydrogens is 285 g/mol. The van der Waals surface area contributed by atoms with Gasteiger partial charge in [0.15, 0.2) is 0 Å². The molecule has 0 aliphatic rings. The number of esters is 1. The fourth-order valence-corrected chi connectivity index (χ4v) is 1.70. The molecule has 0 radical (unpaired) electrons. The Morgan fingerprint density at radius 1 is 1.62 bits per heavy atom. The van der Waals surface area contributed by atoms with Crippen LogP contribution in [0.4, 0.5) is 4.39 Å². The Hall–Kier alpha value is -1.50. The summed E-state index contributed by atoms with van der Waals surface area (Å²) in [4.78, 5) is 21.0. The van der Waals surface area contributed by atoms with E-state index < -0.39 is 28.8 Å². The number of methoxy groups -OCH3 is 1. The number of rotatable bonds is 3. The van der Waals surface area contributed by atoms with Crippen LogP contribution in [0.15, 0.2) is 16.6 Å². The highest BCUT2D eigenvalue weighted by Crippen LogP contribution is 2.22. The predicted molar refractivity (Wildman–Crippen MR) is 56.1 cm³/mol. The van der Waals surface area contributed by atoms with Gasteiger partial charge in [0.1, 0.15) is 11.4 Å². The van der Waals surface area contributed by atoms with Crippen LogP contribution < -0.4 is 0 Å². The monoisotopic (exact) mass is 291 g/mol. The molecule has 0 aliphatic carbocycles. The fraction of sp³-hybridized carbons (Fsp3) is 0.222. The van der Waals surface area contributed by atoms with E-state index in [1.807, 2.05) is 0 Å². The van der Waals surface area contributed by atoms with E-state index in [0.717, 1.165) is 13.2 Å². The largest absolute Gasteiger partial charge is 0.465 e. The second kappa shape index (κ2) is 5.02. The summed E-state index contributed by atoms with van der Waals surface area (Å²) >= 11 is 2.99. The summed E-state index contributed by atoms with van der Waals surface area (Å²) in [6.45, 7) is -0.638. The van der Waals surface area contributed by atoms with Crippen molar-refractivity contribution in [3.05, 3.63) is 43.7 Å². The first-order valence-electron chi connectivity index (χ1n) is 4.13. The van der Waals surface area contributed by atoms with Crippen molar-refractivity contribution in [2.45, 2.75) is 6.54 Å². The van der Waals surface area contributed by atoms with Crippen molar-refractivity contribution in [1.29, 1.82) is 0 Å². The Labute approximate surface area is 98.5 Å². The molecule has 0 saturated carbocycles. The molecule has 0 N–H and O–H groups in total. The van der Waals surface area contributed by atoms with Crippen LogP contribution in [-0.2, 0) is 11.3 Å². The van der Waals surface area contributed by atoms with Crippen molar-refractivity contribution in [3.8, 4) is 0 Å². The van der Waals surface area contributed by atoms with Gasteiger partial charge in [0.2, 0.25) is 6.54 Å². The minimum Gasteiger partial charge on any atom is -0.465 e. The number of nitro groups is 1. The van der Waals surface area contributed by atoms with E-state index in [0.29, 0.717) is 4.47 Å². The molecule has 7 heteroatoms. The van der Waals surface area contributed by atoms with Gasteiger partial charge >= 0.3 is 5.97 Å². The van der Waals surface area contributed by atoms with Crippen molar-refractivity contribution < 1.29 is 18.8 Å². The van der Waals surface area contributed by atoms with Crippen molar-refractivity contribution in [1.82, 2.24) is 0 Å². The highest BCUT2D eigenvalue weighted by molar-refractivity contribution is 9.10. The lowest BCUT2D eigenvalue weighted by Crippen LogP contribution is -2.11. The molecule has 16 heavy (non-hydrogen) atoms. The smallest absolute Gasteiger partial charge is 0.341 e. The Bertz CT molecular complexity index is 449. The molecule has 86 valence electrons. The van der Waals surface area contributed by atoms with E-state index in [2.05, 4.69) is 20.7 Å². The van der Waals surface area contributed by atoms with Gasteiger partial charge < -0.3 is 4.74 Å². The highest BCUT2D eigenvalue weighted by atomic mass is 79.9. The standard InChI is InChI=1S/C9H7BrFNO4/c1-16-9(13)8-5(4-12(14)15)2-6(10)3-7(8)11/h2-3H,4H2,1H3. The molecule has 0 fully saturated rings. The van der Waals surface area contributed by atoms with Crippen molar-refractivity contribution in [2.75, 3.05) is 7.11 Å². The minimum absolute atomic E-state index is 0.0243. The number of benzene rings is 1. The highest BCUT2D eigenvalue weighted by Gasteiger charge is 2.21. The molecule has 0 unspecified atom stereocenters. The van der Waals surface area contributed by atoms with Crippen LogP contribution in [0.3, 0.4) is 0 Å². The number of halogens is 2. The molecule has 0 bridgehead atoms. The molecule has 0 saturated heterocycles. The van der Waals surface area contributed by atoms with E-state index in [1.165, 1.54) is 6.07 Å². The van der Waals surface area contributed by atoms with E-state index in [4.69, 9.17) is 0 Å². The summed E-state index contributed by atoms with van der Waals surface area (Å²) in [6.07, 6.45) is 0. The van der Waals surface area contributed by atoms with Crippen LogP contribution in [0, 0.1) is 15.9 Å². The van der Waals surface area contributed by atoms with Gasteiger partial charge in [0, 0.05) is 15.0 Å². The molecule has 0 amide bonds. The van der Waals surface area contributed by atoms with Gasteiger partial charge in [-0.25, -0.2) is 9.18 Å². The molecule has 0 heterocycles. The molecule has 0 atom stereocenters. The number of nitrogens with zero attached hydrogens (tertiary/aromatic N) is 1. The van der Waals surface area contributed by atoms with Crippen LogP contribution in [0.1, 0.15) is 15.9 Å². The molecule has 0 aromatic heterocycles. The first-order chi connectivity index (χ1) is 7.45. The van der Waals surface area contributed by atoms with Crippen molar-refractivity contribution in [3.63, 3.8) is 0 Å². The van der Waals surface area contributed by atoms with Gasteiger partial charge in [-0.1, -0.05) is 15.9 Å². The zero-order valence-electron chi connectivity index (χ0n) is 8.20. The molecule has 0 aliphatic heterocycles. The van der Waals surface area contributed by atoms with E-state index in [1.54, 1.807) is 0 Å². The lowest BCUT2D eigenvalue weighted by atomic mass is 10.1. The predicted octanol–water partition coefficient (Wildman–Crippen LogP) is 2.15. The minimum atomic E-state index is -0.929. The fourth-order valence-electron chi connectivity index (χ4n) is 1.22. The molecule has 1 aromatic carbocycles. The summed E-state index contributed by atoms with van der Waals surface area (Å²) in [5.74, 6) is -1.78. The Morgan fingerprint density at radius 2 is 2.25 bits per heavy atom. The third-order valence-corrected chi connectivity index (χ3v) is 2.28. The van der Waals surface area contributed by atoms with Crippen LogP contribution in [0.5, 0.6) is 0 Å². The third kappa shape index (κ3) is 2.75. The number of hydrogen-bond donors (Lipinski definition) is 0. The van der Waals surface area contributed by atoms with E-state index >= 15 is 0 Å². The number of carbonyl (C=O) groups is 1. The van der Waals surface area contributed by atoms with Gasteiger partial charge in [0.25, 0.3) is 0 Å². The molecule has 0 spiro atoms. The second-order valence-corrected chi connectivity index (χ2v) is 3.82. The molecule has 1 aromatic rings. The lowest BCUT2D eigenvalue weighted by molar-refractivity contribution is -0.496. The zero-order chi connectivity index (χ0) is 12.3. The van der Waals surface area contributed by atoms with Crippen molar-refractivity contribution >= 4 is 21.9 Å². The summed E-state index contributed by atoms with van der Waals surface area (Å²) < 4.78 is 18.1. The second-order valence-electron chi connectivity index (χ2n) is 2.90. The number of hydrogen-bond acceptors (Lipinski definition) is 4. The maximum Gasteiger partial charge on any atom is 0.341 e. The third-order valence-electron chi connectivity index (χ3n) is 1.83. The van der Waals surface area contributed by atoms with E-state index in [9.17, 15) is 19.3 Å². The van der Waals surface area contributed by atoms with Gasteiger partial charge in [-0.05, 0) is 12.1 Å². The van der Waals surface area contributed by atoms with Crippen LogP contribution >= 0.6 is 15.9 Å². The van der Waals surface area contributed by atoms with Crippen molar-refractivity contribution in [2.24, 2.45) is 0 Å². The lowest BCUT2D eigenvalue weighted by Gasteiger charge is -2.06. The summed E-state index contributed by atoms with van der Waals surface area (Å²) in [6, 6.07) is 2.37. The Balaban J connectivity index is 3.31. The topological polar surface area (TPSA) is 69.4 Å². The summed E-state index contributed by atoms with van der Waals surface area (Å²) in [7, 11) is 1.08. The molecule has 5 nitrogen and oxygen atoms in total. The first-order valence-corrected chi connectivity index (χ1v) is 4.93. The molecular formula is C9H7BrFNO4. The molecule has 1 rings (SSSR count). The van der Waals surface area contributed by atoms with Gasteiger partial charge in [0.05, 0.1) is 7.11 Å². The Morgan fingerprint density at radius 3 is 2.75 bits per heavy atom. The van der Waals surface area contributed by atoms with Gasteiger partial charge in [-0.2, -0.15) is 0 Å². The van der Waals surface area contributed by atoms with Crippen LogP contribution in [0.2, 0.25) is 0 Å². The SMILES string of the molecule is COC(=O)c1c(F)cc(Br)cc1C[N+](=O)[O-]. The van der Waals surface area contributed by atoms with Crippen LogP contribution in [0.25, 0.3) is 0 Å². The van der Waals surface area contributed by atoms with Gasteiger partial charge in [-0.3, -0.25) is 10.1 Å².